The lowest BCUT2D eigenvalue weighted by Crippen LogP contribution is -2.42. The maximum Gasteiger partial charge on any atom is 0.352 e. The zero-order valence-electron chi connectivity index (χ0n) is 16.0. The third kappa shape index (κ3) is 3.83. The molecule has 0 aliphatic carbocycles. The first-order valence-corrected chi connectivity index (χ1v) is 9.88. The SMILES string of the molecule is CCN(CC)C(C(N)=O)n1c(C=C2C(=O)Nc3ccc(Br)cc32)ccc1C(=O)O. The third-order valence-electron chi connectivity index (χ3n) is 4.88. The molecule has 0 radical (unpaired) electrons. The van der Waals surface area contributed by atoms with Crippen LogP contribution in [0.5, 0.6) is 0 Å². The summed E-state index contributed by atoms with van der Waals surface area (Å²) >= 11 is 3.40. The van der Waals surface area contributed by atoms with E-state index in [4.69, 9.17) is 5.73 Å². The minimum absolute atomic E-state index is 0.0829. The van der Waals surface area contributed by atoms with Crippen LogP contribution in [0.1, 0.15) is 41.8 Å². The Labute approximate surface area is 176 Å². The van der Waals surface area contributed by atoms with Crippen LogP contribution in [0.25, 0.3) is 11.6 Å². The van der Waals surface area contributed by atoms with Gasteiger partial charge in [0, 0.05) is 21.4 Å². The zero-order chi connectivity index (χ0) is 21.3. The highest BCUT2D eigenvalue weighted by atomic mass is 79.9. The van der Waals surface area contributed by atoms with E-state index in [1.54, 1.807) is 29.2 Å². The van der Waals surface area contributed by atoms with Crippen molar-refractivity contribution in [2.45, 2.75) is 20.0 Å². The van der Waals surface area contributed by atoms with Crippen molar-refractivity contribution in [2.24, 2.45) is 5.73 Å². The van der Waals surface area contributed by atoms with Crippen LogP contribution in [-0.4, -0.2) is 45.4 Å². The summed E-state index contributed by atoms with van der Waals surface area (Å²) in [7, 11) is 0. The van der Waals surface area contributed by atoms with Gasteiger partial charge in [0.05, 0.1) is 5.57 Å². The van der Waals surface area contributed by atoms with Crippen molar-refractivity contribution in [2.75, 3.05) is 18.4 Å². The van der Waals surface area contributed by atoms with Gasteiger partial charge in [-0.05, 0) is 49.5 Å². The average molecular weight is 461 g/mol. The number of nitrogens with one attached hydrogen (secondary N) is 1. The van der Waals surface area contributed by atoms with Crippen molar-refractivity contribution < 1.29 is 19.5 Å². The second kappa shape index (κ2) is 8.22. The van der Waals surface area contributed by atoms with Gasteiger partial charge in [0.15, 0.2) is 6.17 Å². The molecule has 29 heavy (non-hydrogen) atoms. The highest BCUT2D eigenvalue weighted by Gasteiger charge is 2.30. The molecule has 1 aromatic heterocycles. The summed E-state index contributed by atoms with van der Waals surface area (Å²) in [6.07, 6.45) is 0.587. The highest BCUT2D eigenvalue weighted by molar-refractivity contribution is 9.10. The Morgan fingerprint density at radius 3 is 2.55 bits per heavy atom. The largest absolute Gasteiger partial charge is 0.477 e. The van der Waals surface area contributed by atoms with Crippen molar-refractivity contribution in [3.05, 3.63) is 51.8 Å². The monoisotopic (exact) mass is 460 g/mol. The average Bonchev–Trinajstić information content (AvgIpc) is 3.21. The van der Waals surface area contributed by atoms with Crippen molar-refractivity contribution in [3.8, 4) is 0 Å². The lowest BCUT2D eigenvalue weighted by molar-refractivity contribution is -0.126. The molecule has 0 saturated heterocycles. The van der Waals surface area contributed by atoms with Crippen LogP contribution >= 0.6 is 15.9 Å². The van der Waals surface area contributed by atoms with E-state index in [1.807, 2.05) is 19.9 Å². The van der Waals surface area contributed by atoms with Gasteiger partial charge in [-0.3, -0.25) is 14.5 Å². The fourth-order valence-corrected chi connectivity index (χ4v) is 3.88. The molecule has 2 amide bonds. The maximum absolute atomic E-state index is 12.5. The molecule has 0 bridgehead atoms. The summed E-state index contributed by atoms with van der Waals surface area (Å²) in [5, 5.41) is 12.4. The van der Waals surface area contributed by atoms with E-state index < -0.39 is 18.0 Å². The summed E-state index contributed by atoms with van der Waals surface area (Å²) < 4.78 is 2.17. The van der Waals surface area contributed by atoms with Crippen LogP contribution in [0, 0.1) is 0 Å². The number of aromatic nitrogens is 1. The number of aromatic carboxylic acids is 1. The number of carboxylic acid groups (broad SMARTS) is 1. The summed E-state index contributed by atoms with van der Waals surface area (Å²) in [5.74, 6) is -2.17. The molecule has 9 heteroatoms. The smallest absolute Gasteiger partial charge is 0.352 e. The normalized spacial score (nSPS) is 15.4. The number of hydrogen-bond acceptors (Lipinski definition) is 4. The first-order valence-electron chi connectivity index (χ1n) is 9.09. The van der Waals surface area contributed by atoms with Crippen LogP contribution in [-0.2, 0) is 9.59 Å². The second-order valence-corrected chi connectivity index (χ2v) is 7.43. The number of nitrogens with two attached hydrogens (primary N) is 1. The minimum Gasteiger partial charge on any atom is -0.477 e. The van der Waals surface area contributed by atoms with Gasteiger partial charge < -0.3 is 20.7 Å². The first kappa shape index (κ1) is 20.8. The van der Waals surface area contributed by atoms with E-state index in [9.17, 15) is 19.5 Å². The van der Waals surface area contributed by atoms with Crippen molar-refractivity contribution in [1.29, 1.82) is 0 Å². The molecule has 1 aliphatic heterocycles. The van der Waals surface area contributed by atoms with E-state index in [0.29, 0.717) is 35.6 Å². The maximum atomic E-state index is 12.5. The number of halogens is 1. The quantitative estimate of drug-likeness (QED) is 0.549. The predicted octanol–water partition coefficient (Wildman–Crippen LogP) is 2.77. The first-order chi connectivity index (χ1) is 13.8. The van der Waals surface area contributed by atoms with Crippen molar-refractivity contribution >= 4 is 51.1 Å². The second-order valence-electron chi connectivity index (χ2n) is 6.52. The summed E-state index contributed by atoms with van der Waals surface area (Å²) in [6.45, 7) is 4.71. The lowest BCUT2D eigenvalue weighted by Gasteiger charge is -2.30. The fraction of sp³-hybridized carbons (Fsp3) is 0.250. The molecule has 0 fully saturated rings. The molecule has 2 heterocycles. The van der Waals surface area contributed by atoms with Crippen LogP contribution in [0.3, 0.4) is 0 Å². The van der Waals surface area contributed by atoms with Crippen molar-refractivity contribution in [1.82, 2.24) is 9.47 Å². The Hall–Kier alpha value is -2.91. The van der Waals surface area contributed by atoms with Gasteiger partial charge in [0.1, 0.15) is 5.69 Å². The number of fused-ring (bicyclic) bond motifs is 1. The van der Waals surface area contributed by atoms with Crippen LogP contribution in [0.15, 0.2) is 34.8 Å². The van der Waals surface area contributed by atoms with Crippen LogP contribution in [0.4, 0.5) is 5.69 Å². The van der Waals surface area contributed by atoms with Crippen molar-refractivity contribution in [3.63, 3.8) is 0 Å². The van der Waals surface area contributed by atoms with Gasteiger partial charge in [-0.2, -0.15) is 0 Å². The van der Waals surface area contributed by atoms with Crippen LogP contribution < -0.4 is 11.1 Å². The molecule has 2 aromatic rings. The number of likely N-dealkylation sites (N-methyl/N-ethyl adjacent to an activating group) is 1. The molecule has 1 aliphatic rings. The Morgan fingerprint density at radius 2 is 1.97 bits per heavy atom. The van der Waals surface area contributed by atoms with E-state index in [1.165, 1.54) is 10.6 Å². The molecule has 1 atom stereocenters. The topological polar surface area (TPSA) is 118 Å². The van der Waals surface area contributed by atoms with E-state index in [2.05, 4.69) is 21.2 Å². The van der Waals surface area contributed by atoms with Crippen LogP contribution in [0.2, 0.25) is 0 Å². The molecular weight excluding hydrogens is 440 g/mol. The summed E-state index contributed by atoms with van der Waals surface area (Å²) in [6, 6.07) is 8.38. The van der Waals surface area contributed by atoms with Gasteiger partial charge in [-0.15, -0.1) is 0 Å². The highest BCUT2D eigenvalue weighted by Crippen LogP contribution is 2.35. The third-order valence-corrected chi connectivity index (χ3v) is 5.38. The van der Waals surface area contributed by atoms with Gasteiger partial charge in [0.25, 0.3) is 11.8 Å². The zero-order valence-corrected chi connectivity index (χ0v) is 17.6. The number of carbonyl (C=O) groups excluding carboxylic acids is 2. The Balaban J connectivity index is 2.21. The number of nitrogens with zero attached hydrogens (tertiary/aromatic N) is 2. The molecule has 8 nitrogen and oxygen atoms in total. The number of primary amides is 1. The van der Waals surface area contributed by atoms with Gasteiger partial charge >= 0.3 is 5.97 Å². The number of anilines is 1. The Bertz CT molecular complexity index is 1020. The Kier molecular flexibility index (Phi) is 5.90. The number of carboxylic acids is 1. The van der Waals surface area contributed by atoms with E-state index in [-0.39, 0.29) is 11.6 Å². The number of amides is 2. The summed E-state index contributed by atoms with van der Waals surface area (Å²) in [5.41, 5.74) is 7.69. The van der Waals surface area contributed by atoms with E-state index >= 15 is 0 Å². The fourth-order valence-electron chi connectivity index (χ4n) is 3.52. The number of benzene rings is 1. The molecule has 4 N–H and O–H groups in total. The van der Waals surface area contributed by atoms with Gasteiger partial charge in [-0.1, -0.05) is 29.8 Å². The molecule has 152 valence electrons. The molecule has 1 aromatic carbocycles. The Morgan fingerprint density at radius 1 is 1.28 bits per heavy atom. The van der Waals surface area contributed by atoms with Gasteiger partial charge in [0.2, 0.25) is 0 Å². The lowest BCUT2D eigenvalue weighted by atomic mass is 10.1. The molecule has 0 spiro atoms. The molecular formula is C20H21BrN4O4. The molecule has 0 saturated carbocycles. The number of hydrogen-bond donors (Lipinski definition) is 3. The standard InChI is InChI=1S/C20H21BrN4O4/c1-3-24(4-2)19(17(22)26)25-12(6-8-16(25)20(28)29)10-14-13-9-11(21)5-7-15(13)23-18(14)27/h5-10,19H,3-4H2,1-2H3,(H2,22,26)(H,23,27)(H,28,29). The predicted molar refractivity (Wildman–Crippen MR) is 113 cm³/mol. The van der Waals surface area contributed by atoms with Gasteiger partial charge in [-0.25, -0.2) is 4.79 Å². The minimum atomic E-state index is -1.19. The summed E-state index contributed by atoms with van der Waals surface area (Å²) in [4.78, 5) is 38.4. The molecule has 3 rings (SSSR count). The number of rotatable bonds is 7. The number of carbonyl (C=O) groups is 3. The van der Waals surface area contributed by atoms with E-state index in [0.717, 1.165) is 4.47 Å². The molecule has 1 unspecified atom stereocenters.